The normalized spacial score (nSPS) is 23.1. The van der Waals surface area contributed by atoms with E-state index < -0.39 is 5.60 Å². The van der Waals surface area contributed by atoms with Gasteiger partial charge in [-0.05, 0) is 39.5 Å². The van der Waals surface area contributed by atoms with Gasteiger partial charge in [-0.2, -0.15) is 5.10 Å². The van der Waals surface area contributed by atoms with E-state index in [1.807, 2.05) is 25.6 Å². The second kappa shape index (κ2) is 5.98. The van der Waals surface area contributed by atoms with Crippen molar-refractivity contribution in [2.45, 2.75) is 64.5 Å². The molecule has 6 nitrogen and oxygen atoms in total. The Morgan fingerprint density at radius 2 is 2.04 bits per heavy atom. The molecule has 0 radical (unpaired) electrons. The van der Waals surface area contributed by atoms with Gasteiger partial charge in [0.2, 0.25) is 5.91 Å². The number of rotatable bonds is 3. The average molecular weight is 319 g/mol. The van der Waals surface area contributed by atoms with E-state index in [1.165, 1.54) is 0 Å². The fraction of sp³-hybridized carbons (Fsp3) is 0.706. The lowest BCUT2D eigenvalue weighted by molar-refractivity contribution is -0.153. The summed E-state index contributed by atoms with van der Waals surface area (Å²) in [7, 11) is 1.90. The minimum absolute atomic E-state index is 0.0691. The summed E-state index contributed by atoms with van der Waals surface area (Å²) in [6.07, 6.45) is 5.03. The topological polar surface area (TPSA) is 73.2 Å². The van der Waals surface area contributed by atoms with E-state index in [0.29, 0.717) is 6.54 Å². The first-order valence-electron chi connectivity index (χ1n) is 8.41. The first-order chi connectivity index (χ1) is 10.9. The zero-order valence-electron chi connectivity index (χ0n) is 14.1. The molecule has 126 valence electrons. The van der Waals surface area contributed by atoms with Crippen molar-refractivity contribution >= 4 is 11.9 Å². The van der Waals surface area contributed by atoms with Crippen LogP contribution < -0.4 is 5.32 Å². The number of hydrogen-bond donors (Lipinski definition) is 1. The lowest BCUT2D eigenvalue weighted by Gasteiger charge is -2.36. The molecule has 1 aromatic heterocycles. The van der Waals surface area contributed by atoms with Crippen molar-refractivity contribution in [1.29, 1.82) is 0 Å². The van der Waals surface area contributed by atoms with Gasteiger partial charge in [0.25, 0.3) is 0 Å². The van der Waals surface area contributed by atoms with Gasteiger partial charge in [-0.1, -0.05) is 6.42 Å². The lowest BCUT2D eigenvalue weighted by atomic mass is 9.75. The standard InChI is InChI=1S/C17H25N3O3/c1-11-13(12(2)20(3)19-11)10-18-16(22)14-9-15(21)23-17(14)7-5-4-6-8-17/h14H,4-10H2,1-3H3,(H,18,22)/t14-/m0/s1. The Labute approximate surface area is 136 Å². The molecule has 1 spiro atoms. The number of nitrogens with zero attached hydrogens (tertiary/aromatic N) is 2. The van der Waals surface area contributed by atoms with Gasteiger partial charge in [0, 0.05) is 24.8 Å². The van der Waals surface area contributed by atoms with E-state index in [4.69, 9.17) is 4.74 Å². The minimum Gasteiger partial charge on any atom is -0.458 e. The summed E-state index contributed by atoms with van der Waals surface area (Å²) in [6.45, 7) is 4.39. The van der Waals surface area contributed by atoms with Crippen LogP contribution >= 0.6 is 0 Å². The molecular formula is C17H25N3O3. The number of aryl methyl sites for hydroxylation is 2. The predicted molar refractivity (Wildman–Crippen MR) is 84.5 cm³/mol. The second-order valence-electron chi connectivity index (χ2n) is 6.85. The molecule has 1 saturated carbocycles. The first-order valence-corrected chi connectivity index (χ1v) is 8.41. The summed E-state index contributed by atoms with van der Waals surface area (Å²) in [5.41, 5.74) is 2.47. The van der Waals surface area contributed by atoms with Crippen LogP contribution in [-0.2, 0) is 27.9 Å². The van der Waals surface area contributed by atoms with Crippen LogP contribution in [0.4, 0.5) is 0 Å². The van der Waals surface area contributed by atoms with Crippen LogP contribution in [0, 0.1) is 19.8 Å². The van der Waals surface area contributed by atoms with Gasteiger partial charge in [0.1, 0.15) is 5.60 Å². The van der Waals surface area contributed by atoms with E-state index in [0.717, 1.165) is 49.1 Å². The van der Waals surface area contributed by atoms with E-state index in [9.17, 15) is 9.59 Å². The molecule has 1 aromatic rings. The van der Waals surface area contributed by atoms with Gasteiger partial charge in [0.05, 0.1) is 18.0 Å². The minimum atomic E-state index is -0.557. The Bertz CT molecular complexity index is 629. The highest BCUT2D eigenvalue weighted by Gasteiger charge is 2.52. The highest BCUT2D eigenvalue weighted by molar-refractivity contribution is 5.87. The summed E-state index contributed by atoms with van der Waals surface area (Å²) >= 11 is 0. The van der Waals surface area contributed by atoms with Crippen molar-refractivity contribution in [3.8, 4) is 0 Å². The molecule has 23 heavy (non-hydrogen) atoms. The fourth-order valence-electron chi connectivity index (χ4n) is 4.00. The number of esters is 1. The molecule has 2 fully saturated rings. The van der Waals surface area contributed by atoms with Crippen LogP contribution in [0.15, 0.2) is 0 Å². The van der Waals surface area contributed by atoms with Crippen molar-refractivity contribution in [3.63, 3.8) is 0 Å². The zero-order valence-corrected chi connectivity index (χ0v) is 14.1. The Kier molecular flexibility index (Phi) is 4.17. The monoisotopic (exact) mass is 319 g/mol. The van der Waals surface area contributed by atoms with Gasteiger partial charge in [0.15, 0.2) is 0 Å². The number of aromatic nitrogens is 2. The second-order valence-corrected chi connectivity index (χ2v) is 6.85. The Hall–Kier alpha value is -1.85. The van der Waals surface area contributed by atoms with Gasteiger partial charge in [-0.3, -0.25) is 14.3 Å². The molecule has 2 aliphatic rings. The largest absolute Gasteiger partial charge is 0.458 e. The van der Waals surface area contributed by atoms with Gasteiger partial charge < -0.3 is 10.1 Å². The average Bonchev–Trinajstić information content (AvgIpc) is 2.95. The van der Waals surface area contributed by atoms with Gasteiger partial charge in [-0.15, -0.1) is 0 Å². The van der Waals surface area contributed by atoms with Gasteiger partial charge >= 0.3 is 5.97 Å². The van der Waals surface area contributed by atoms with E-state index in [1.54, 1.807) is 0 Å². The molecule has 1 N–H and O–H groups in total. The van der Waals surface area contributed by atoms with Crippen molar-refractivity contribution in [1.82, 2.24) is 15.1 Å². The Balaban J connectivity index is 1.71. The Morgan fingerprint density at radius 3 is 2.65 bits per heavy atom. The molecule has 0 unspecified atom stereocenters. The summed E-state index contributed by atoms with van der Waals surface area (Å²) in [6, 6.07) is 0. The Morgan fingerprint density at radius 1 is 1.35 bits per heavy atom. The number of carbonyl (C=O) groups is 2. The van der Waals surface area contributed by atoms with Crippen LogP contribution in [0.25, 0.3) is 0 Å². The highest BCUT2D eigenvalue weighted by atomic mass is 16.6. The quantitative estimate of drug-likeness (QED) is 0.864. The van der Waals surface area contributed by atoms with Crippen molar-refractivity contribution in [3.05, 3.63) is 17.0 Å². The molecule has 6 heteroatoms. The summed E-state index contributed by atoms with van der Waals surface area (Å²) in [5.74, 6) is -0.659. The molecule has 1 aliphatic heterocycles. The number of amides is 1. The molecule has 1 amide bonds. The first kappa shape index (κ1) is 16.0. The number of nitrogens with one attached hydrogen (secondary N) is 1. The molecule has 1 aliphatic carbocycles. The van der Waals surface area contributed by atoms with E-state index >= 15 is 0 Å². The lowest BCUT2D eigenvalue weighted by Crippen LogP contribution is -2.45. The highest BCUT2D eigenvalue weighted by Crippen LogP contribution is 2.44. The SMILES string of the molecule is Cc1nn(C)c(C)c1CNC(=O)[C@@H]1CC(=O)OC12CCCCC2. The zero-order chi connectivity index (χ0) is 16.6. The number of ether oxygens (including phenoxy) is 1. The van der Waals surface area contributed by atoms with Crippen molar-refractivity contribution in [2.75, 3.05) is 0 Å². The van der Waals surface area contributed by atoms with Crippen LogP contribution in [-0.4, -0.2) is 27.3 Å². The molecule has 0 bridgehead atoms. The summed E-state index contributed by atoms with van der Waals surface area (Å²) in [5, 5.41) is 7.37. The molecule has 3 rings (SSSR count). The molecular weight excluding hydrogens is 294 g/mol. The maximum atomic E-state index is 12.7. The van der Waals surface area contributed by atoms with Gasteiger partial charge in [-0.25, -0.2) is 0 Å². The molecule has 1 saturated heterocycles. The number of hydrogen-bond acceptors (Lipinski definition) is 4. The van der Waals surface area contributed by atoms with Crippen LogP contribution in [0.1, 0.15) is 55.5 Å². The van der Waals surface area contributed by atoms with Crippen LogP contribution in [0.3, 0.4) is 0 Å². The van der Waals surface area contributed by atoms with Crippen LogP contribution in [0.5, 0.6) is 0 Å². The fourth-order valence-corrected chi connectivity index (χ4v) is 4.00. The summed E-state index contributed by atoms with van der Waals surface area (Å²) in [4.78, 5) is 24.5. The third-order valence-corrected chi connectivity index (χ3v) is 5.44. The summed E-state index contributed by atoms with van der Waals surface area (Å²) < 4.78 is 7.43. The number of carbonyl (C=O) groups excluding carboxylic acids is 2. The smallest absolute Gasteiger partial charge is 0.307 e. The molecule has 0 aromatic carbocycles. The van der Waals surface area contributed by atoms with Crippen molar-refractivity contribution in [2.24, 2.45) is 13.0 Å². The molecule has 1 atom stereocenters. The predicted octanol–water partition coefficient (Wildman–Crippen LogP) is 1.92. The van der Waals surface area contributed by atoms with Crippen molar-refractivity contribution < 1.29 is 14.3 Å². The van der Waals surface area contributed by atoms with E-state index in [-0.39, 0.29) is 24.2 Å². The molecule has 2 heterocycles. The third-order valence-electron chi connectivity index (χ3n) is 5.44. The van der Waals surface area contributed by atoms with Crippen LogP contribution in [0.2, 0.25) is 0 Å². The maximum absolute atomic E-state index is 12.7. The van der Waals surface area contributed by atoms with E-state index in [2.05, 4.69) is 10.4 Å². The third kappa shape index (κ3) is 2.86. The maximum Gasteiger partial charge on any atom is 0.307 e.